The molecule has 152 valence electrons. The van der Waals surface area contributed by atoms with Crippen LogP contribution in [0.5, 0.6) is 0 Å². The number of esters is 1. The van der Waals surface area contributed by atoms with E-state index in [-0.39, 0.29) is 24.8 Å². The standard InChI is InChI=1S/C21H22FN3O4/c1-3-25-18-10-5-13(21(28)29-4-2)11-16(18)24-17(20(25)27)12-19(26)23-15-8-6-14(22)7-9-15/h5-11,17,24H,3-4,12H2,1-2H3,(H,23,26). The molecule has 0 radical (unpaired) electrons. The molecule has 8 heteroatoms. The van der Waals surface area contributed by atoms with Gasteiger partial charge in [0.1, 0.15) is 11.9 Å². The highest BCUT2D eigenvalue weighted by Gasteiger charge is 2.33. The van der Waals surface area contributed by atoms with E-state index in [1.54, 1.807) is 30.0 Å². The number of carbonyl (C=O) groups excluding carboxylic acids is 3. The van der Waals surface area contributed by atoms with Crippen molar-refractivity contribution in [1.29, 1.82) is 0 Å². The summed E-state index contributed by atoms with van der Waals surface area (Å²) in [5.74, 6) is -1.48. The van der Waals surface area contributed by atoms with Crippen molar-refractivity contribution in [3.63, 3.8) is 0 Å². The molecule has 0 aliphatic carbocycles. The van der Waals surface area contributed by atoms with Crippen LogP contribution in [0.4, 0.5) is 21.5 Å². The minimum absolute atomic E-state index is 0.115. The average molecular weight is 399 g/mol. The number of hydrogen-bond acceptors (Lipinski definition) is 5. The molecule has 0 bridgehead atoms. The van der Waals surface area contributed by atoms with E-state index < -0.39 is 17.8 Å². The highest BCUT2D eigenvalue weighted by Crippen LogP contribution is 2.33. The molecule has 3 rings (SSSR count). The first-order chi connectivity index (χ1) is 13.9. The zero-order valence-corrected chi connectivity index (χ0v) is 16.2. The minimum atomic E-state index is -0.791. The zero-order valence-electron chi connectivity index (χ0n) is 16.2. The Morgan fingerprint density at radius 2 is 1.90 bits per heavy atom. The summed E-state index contributed by atoms with van der Waals surface area (Å²) < 4.78 is 18.0. The van der Waals surface area contributed by atoms with E-state index in [1.807, 2.05) is 6.92 Å². The summed E-state index contributed by atoms with van der Waals surface area (Å²) in [7, 11) is 0. The highest BCUT2D eigenvalue weighted by atomic mass is 19.1. The van der Waals surface area contributed by atoms with Gasteiger partial charge in [0.15, 0.2) is 0 Å². The SMILES string of the molecule is CCOC(=O)c1ccc2c(c1)NC(CC(=O)Nc1ccc(F)cc1)C(=O)N2CC. The Balaban J connectivity index is 1.78. The third-order valence-corrected chi connectivity index (χ3v) is 4.53. The maximum Gasteiger partial charge on any atom is 0.338 e. The number of hydrogen-bond donors (Lipinski definition) is 2. The van der Waals surface area contributed by atoms with Crippen LogP contribution >= 0.6 is 0 Å². The molecule has 1 heterocycles. The molecule has 0 saturated heterocycles. The summed E-state index contributed by atoms with van der Waals surface area (Å²) in [4.78, 5) is 38.8. The molecule has 1 unspecified atom stereocenters. The van der Waals surface area contributed by atoms with Gasteiger partial charge in [-0.1, -0.05) is 0 Å². The predicted octanol–water partition coefficient (Wildman–Crippen LogP) is 3.18. The first kappa shape index (κ1) is 20.3. The van der Waals surface area contributed by atoms with Crippen LogP contribution in [0.1, 0.15) is 30.6 Å². The minimum Gasteiger partial charge on any atom is -0.462 e. The van der Waals surface area contributed by atoms with Gasteiger partial charge in [-0.3, -0.25) is 9.59 Å². The van der Waals surface area contributed by atoms with Gasteiger partial charge in [-0.2, -0.15) is 0 Å². The molecule has 2 amide bonds. The molecule has 7 nitrogen and oxygen atoms in total. The zero-order chi connectivity index (χ0) is 21.0. The topological polar surface area (TPSA) is 87.7 Å². The summed E-state index contributed by atoms with van der Waals surface area (Å²) in [5, 5.41) is 5.70. The van der Waals surface area contributed by atoms with E-state index in [4.69, 9.17) is 4.74 Å². The number of ether oxygens (including phenoxy) is 1. The molecule has 0 fully saturated rings. The fraction of sp³-hybridized carbons (Fsp3) is 0.286. The molecule has 29 heavy (non-hydrogen) atoms. The van der Waals surface area contributed by atoms with Gasteiger partial charge in [0, 0.05) is 12.2 Å². The van der Waals surface area contributed by atoms with Crippen LogP contribution in [-0.4, -0.2) is 37.0 Å². The lowest BCUT2D eigenvalue weighted by Gasteiger charge is -2.34. The van der Waals surface area contributed by atoms with E-state index in [2.05, 4.69) is 10.6 Å². The van der Waals surface area contributed by atoms with Crippen molar-refractivity contribution in [2.24, 2.45) is 0 Å². The number of fused-ring (bicyclic) bond motifs is 1. The molecule has 0 aromatic heterocycles. The molecule has 1 aliphatic heterocycles. The molecule has 0 spiro atoms. The number of anilines is 3. The summed E-state index contributed by atoms with van der Waals surface area (Å²) in [6, 6.07) is 9.50. The van der Waals surface area contributed by atoms with Crippen LogP contribution in [0.2, 0.25) is 0 Å². The smallest absolute Gasteiger partial charge is 0.338 e. The molecule has 1 aliphatic rings. The number of amides is 2. The number of carbonyl (C=O) groups is 3. The fourth-order valence-corrected chi connectivity index (χ4v) is 3.18. The Hall–Kier alpha value is -3.42. The average Bonchev–Trinajstić information content (AvgIpc) is 2.70. The molecule has 2 N–H and O–H groups in total. The van der Waals surface area contributed by atoms with Crippen molar-refractivity contribution in [1.82, 2.24) is 0 Å². The highest BCUT2D eigenvalue weighted by molar-refractivity contribution is 6.08. The second kappa shape index (κ2) is 8.72. The lowest BCUT2D eigenvalue weighted by molar-refractivity contribution is -0.123. The number of halogens is 1. The van der Waals surface area contributed by atoms with Crippen molar-refractivity contribution in [3.8, 4) is 0 Å². The quantitative estimate of drug-likeness (QED) is 0.729. The Labute approximate surface area is 167 Å². The maximum absolute atomic E-state index is 13.0. The second-order valence-corrected chi connectivity index (χ2v) is 6.49. The molecular weight excluding hydrogens is 377 g/mol. The van der Waals surface area contributed by atoms with Gasteiger partial charge in [-0.25, -0.2) is 9.18 Å². The number of benzene rings is 2. The Morgan fingerprint density at radius 3 is 2.55 bits per heavy atom. The van der Waals surface area contributed by atoms with Gasteiger partial charge in [0.2, 0.25) is 11.8 Å². The van der Waals surface area contributed by atoms with Crippen LogP contribution in [0, 0.1) is 5.82 Å². The lowest BCUT2D eigenvalue weighted by Crippen LogP contribution is -2.48. The Bertz CT molecular complexity index is 930. The largest absolute Gasteiger partial charge is 0.462 e. The normalized spacial score (nSPS) is 15.3. The van der Waals surface area contributed by atoms with Crippen molar-refractivity contribution >= 4 is 34.8 Å². The maximum atomic E-state index is 13.0. The van der Waals surface area contributed by atoms with E-state index in [1.165, 1.54) is 24.3 Å². The van der Waals surface area contributed by atoms with E-state index in [9.17, 15) is 18.8 Å². The van der Waals surface area contributed by atoms with Crippen LogP contribution < -0.4 is 15.5 Å². The first-order valence-electron chi connectivity index (χ1n) is 9.37. The van der Waals surface area contributed by atoms with E-state index >= 15 is 0 Å². The Kier molecular flexibility index (Phi) is 6.11. The van der Waals surface area contributed by atoms with Crippen LogP contribution in [0.25, 0.3) is 0 Å². The first-order valence-corrected chi connectivity index (χ1v) is 9.37. The summed E-state index contributed by atoms with van der Waals surface area (Å²) in [5.41, 5.74) is 2.02. The van der Waals surface area contributed by atoms with Gasteiger partial charge >= 0.3 is 5.97 Å². The van der Waals surface area contributed by atoms with Crippen molar-refractivity contribution in [3.05, 3.63) is 53.8 Å². The monoisotopic (exact) mass is 399 g/mol. The van der Waals surface area contributed by atoms with Crippen LogP contribution in [-0.2, 0) is 14.3 Å². The van der Waals surface area contributed by atoms with Gasteiger partial charge in [-0.05, 0) is 56.3 Å². The van der Waals surface area contributed by atoms with Crippen LogP contribution in [0.15, 0.2) is 42.5 Å². The number of rotatable bonds is 6. The summed E-state index contributed by atoms with van der Waals surface area (Å²) >= 11 is 0. The molecular formula is C21H22FN3O4. The molecule has 1 atom stereocenters. The van der Waals surface area contributed by atoms with Gasteiger partial charge in [-0.15, -0.1) is 0 Å². The van der Waals surface area contributed by atoms with Crippen molar-refractivity contribution < 1.29 is 23.5 Å². The molecule has 0 saturated carbocycles. The van der Waals surface area contributed by atoms with Crippen molar-refractivity contribution in [2.75, 3.05) is 28.7 Å². The van der Waals surface area contributed by atoms with E-state index in [0.717, 1.165) is 0 Å². The van der Waals surface area contributed by atoms with E-state index in [0.29, 0.717) is 29.2 Å². The second-order valence-electron chi connectivity index (χ2n) is 6.49. The molecule has 2 aromatic rings. The predicted molar refractivity (Wildman–Crippen MR) is 107 cm³/mol. The third kappa shape index (κ3) is 4.53. The van der Waals surface area contributed by atoms with Crippen LogP contribution in [0.3, 0.4) is 0 Å². The van der Waals surface area contributed by atoms with Gasteiger partial charge < -0.3 is 20.3 Å². The third-order valence-electron chi connectivity index (χ3n) is 4.53. The number of likely N-dealkylation sites (N-methyl/N-ethyl adjacent to an activating group) is 1. The van der Waals surface area contributed by atoms with Gasteiger partial charge in [0.05, 0.1) is 30.0 Å². The molecule has 2 aromatic carbocycles. The van der Waals surface area contributed by atoms with Gasteiger partial charge in [0.25, 0.3) is 0 Å². The lowest BCUT2D eigenvalue weighted by atomic mass is 10.0. The summed E-state index contributed by atoms with van der Waals surface area (Å²) in [6.45, 7) is 4.24. The van der Waals surface area contributed by atoms with Crippen molar-refractivity contribution in [2.45, 2.75) is 26.3 Å². The Morgan fingerprint density at radius 1 is 1.17 bits per heavy atom. The fourth-order valence-electron chi connectivity index (χ4n) is 3.18. The number of nitrogens with one attached hydrogen (secondary N) is 2. The summed E-state index contributed by atoms with van der Waals surface area (Å²) in [6.07, 6.45) is -0.115. The number of nitrogens with zero attached hydrogens (tertiary/aromatic N) is 1.